The minimum absolute atomic E-state index is 0.220. The maximum atomic E-state index is 10.9. The number of rotatable bonds is 3. The van der Waals surface area contributed by atoms with E-state index in [-0.39, 0.29) is 6.04 Å². The normalized spacial score (nSPS) is 32.0. The SMILES string of the molecule is C=CC1CN2CCC1CC2[C@H](O)c1cnc2ccccc2c1. The van der Waals surface area contributed by atoms with Crippen LogP contribution in [0.2, 0.25) is 0 Å². The molecule has 0 spiro atoms. The maximum absolute atomic E-state index is 10.9. The van der Waals surface area contributed by atoms with Crippen molar-refractivity contribution in [2.45, 2.75) is 25.0 Å². The molecule has 3 saturated heterocycles. The van der Waals surface area contributed by atoms with E-state index in [4.69, 9.17) is 0 Å². The van der Waals surface area contributed by atoms with Crippen LogP contribution in [-0.2, 0) is 0 Å². The van der Waals surface area contributed by atoms with E-state index < -0.39 is 6.10 Å². The highest BCUT2D eigenvalue weighted by Crippen LogP contribution is 2.41. The second-order valence-electron chi connectivity index (χ2n) is 6.65. The third-order valence-corrected chi connectivity index (χ3v) is 5.47. The molecule has 3 aliphatic heterocycles. The Morgan fingerprint density at radius 1 is 1.36 bits per heavy atom. The van der Waals surface area contributed by atoms with Crippen molar-refractivity contribution in [3.05, 3.63) is 54.7 Å². The number of fused-ring (bicyclic) bond motifs is 4. The summed E-state index contributed by atoms with van der Waals surface area (Å²) in [6.07, 6.45) is 5.77. The van der Waals surface area contributed by atoms with Crippen LogP contribution in [0.1, 0.15) is 24.5 Å². The highest BCUT2D eigenvalue weighted by atomic mass is 16.3. The Balaban J connectivity index is 1.61. The van der Waals surface area contributed by atoms with Crippen LogP contribution in [0.5, 0.6) is 0 Å². The molecule has 114 valence electrons. The molecule has 22 heavy (non-hydrogen) atoms. The van der Waals surface area contributed by atoms with Gasteiger partial charge in [0.15, 0.2) is 0 Å². The van der Waals surface area contributed by atoms with E-state index in [1.165, 1.54) is 6.42 Å². The zero-order chi connectivity index (χ0) is 15.1. The fourth-order valence-corrected chi connectivity index (χ4v) is 4.18. The molecular formula is C19H22N2O. The van der Waals surface area contributed by atoms with Crippen LogP contribution >= 0.6 is 0 Å². The molecule has 3 aliphatic rings. The van der Waals surface area contributed by atoms with Crippen molar-refractivity contribution >= 4 is 10.9 Å². The van der Waals surface area contributed by atoms with E-state index in [0.29, 0.717) is 11.8 Å². The van der Waals surface area contributed by atoms with Gasteiger partial charge in [-0.1, -0.05) is 24.3 Å². The van der Waals surface area contributed by atoms with Crippen molar-refractivity contribution in [3.63, 3.8) is 0 Å². The molecule has 1 aromatic heterocycles. The number of aliphatic hydroxyl groups excluding tert-OH is 1. The average molecular weight is 294 g/mol. The molecule has 0 saturated carbocycles. The van der Waals surface area contributed by atoms with E-state index in [9.17, 15) is 5.11 Å². The standard InChI is InChI=1S/C19H22N2O/c1-2-13-12-21-8-7-14(13)10-18(21)19(22)16-9-15-5-3-4-6-17(15)20-11-16/h2-6,9,11,13-14,18-19,22H,1,7-8,10,12H2/t13?,14?,18?,19-/m1/s1. The Morgan fingerprint density at radius 2 is 2.23 bits per heavy atom. The topological polar surface area (TPSA) is 36.4 Å². The first kappa shape index (κ1) is 13.9. The third kappa shape index (κ3) is 2.25. The summed E-state index contributed by atoms with van der Waals surface area (Å²) in [7, 11) is 0. The predicted octanol–water partition coefficient (Wildman–Crippen LogP) is 3.16. The molecule has 3 nitrogen and oxygen atoms in total. The highest BCUT2D eigenvalue weighted by molar-refractivity contribution is 5.78. The van der Waals surface area contributed by atoms with Crippen molar-refractivity contribution in [1.82, 2.24) is 9.88 Å². The largest absolute Gasteiger partial charge is 0.387 e. The van der Waals surface area contributed by atoms with Crippen LogP contribution < -0.4 is 0 Å². The quantitative estimate of drug-likeness (QED) is 0.883. The number of aliphatic hydroxyl groups is 1. The van der Waals surface area contributed by atoms with Crippen molar-refractivity contribution < 1.29 is 5.11 Å². The summed E-state index contributed by atoms with van der Waals surface area (Å²) in [6.45, 7) is 6.10. The van der Waals surface area contributed by atoms with Crippen molar-refractivity contribution in [2.24, 2.45) is 11.8 Å². The van der Waals surface area contributed by atoms with Gasteiger partial charge in [0.1, 0.15) is 0 Å². The summed E-state index contributed by atoms with van der Waals surface area (Å²) >= 11 is 0. The summed E-state index contributed by atoms with van der Waals surface area (Å²) in [5.41, 5.74) is 1.92. The molecule has 4 heterocycles. The first-order valence-corrected chi connectivity index (χ1v) is 8.15. The molecule has 1 N–H and O–H groups in total. The van der Waals surface area contributed by atoms with Gasteiger partial charge in [-0.15, -0.1) is 6.58 Å². The molecule has 3 heteroatoms. The van der Waals surface area contributed by atoms with Gasteiger partial charge in [0.2, 0.25) is 0 Å². The molecule has 0 amide bonds. The summed E-state index contributed by atoms with van der Waals surface area (Å²) in [5.74, 6) is 1.27. The van der Waals surface area contributed by atoms with Gasteiger partial charge in [-0.05, 0) is 43.4 Å². The number of piperidine rings is 3. The Kier molecular flexibility index (Phi) is 3.47. The van der Waals surface area contributed by atoms with Gasteiger partial charge in [0.05, 0.1) is 11.6 Å². The molecule has 2 bridgehead atoms. The molecule has 1 aromatic carbocycles. The molecule has 0 radical (unpaired) electrons. The number of benzene rings is 1. The minimum atomic E-state index is -0.453. The molecule has 2 aromatic rings. The van der Waals surface area contributed by atoms with Gasteiger partial charge in [0, 0.05) is 29.7 Å². The molecule has 0 aliphatic carbocycles. The number of aromatic nitrogens is 1. The van der Waals surface area contributed by atoms with Crippen molar-refractivity contribution in [3.8, 4) is 0 Å². The number of para-hydroxylation sites is 1. The lowest BCUT2D eigenvalue weighted by Crippen LogP contribution is -2.54. The van der Waals surface area contributed by atoms with E-state index in [0.717, 1.165) is 36.0 Å². The van der Waals surface area contributed by atoms with Crippen LogP contribution in [0.4, 0.5) is 0 Å². The monoisotopic (exact) mass is 294 g/mol. The Bertz CT molecular complexity index is 699. The highest BCUT2D eigenvalue weighted by Gasteiger charge is 2.42. The molecule has 3 fully saturated rings. The van der Waals surface area contributed by atoms with Crippen molar-refractivity contribution in [1.29, 1.82) is 0 Å². The van der Waals surface area contributed by atoms with Crippen LogP contribution in [0.25, 0.3) is 10.9 Å². The minimum Gasteiger partial charge on any atom is -0.387 e. The molecule has 5 atom stereocenters. The van der Waals surface area contributed by atoms with Gasteiger partial charge < -0.3 is 5.11 Å². The predicted molar refractivity (Wildman–Crippen MR) is 88.5 cm³/mol. The Morgan fingerprint density at radius 3 is 3.00 bits per heavy atom. The third-order valence-electron chi connectivity index (χ3n) is 5.47. The van der Waals surface area contributed by atoms with E-state index in [1.54, 1.807) is 0 Å². The van der Waals surface area contributed by atoms with Gasteiger partial charge in [-0.2, -0.15) is 0 Å². The first-order chi connectivity index (χ1) is 10.8. The summed E-state index contributed by atoms with van der Waals surface area (Å²) < 4.78 is 0. The maximum Gasteiger partial charge on any atom is 0.0960 e. The molecular weight excluding hydrogens is 272 g/mol. The van der Waals surface area contributed by atoms with Gasteiger partial charge in [-0.3, -0.25) is 9.88 Å². The van der Waals surface area contributed by atoms with E-state index in [1.807, 2.05) is 24.4 Å². The zero-order valence-electron chi connectivity index (χ0n) is 12.7. The van der Waals surface area contributed by atoms with Gasteiger partial charge >= 0.3 is 0 Å². The Labute approximate surface area is 131 Å². The van der Waals surface area contributed by atoms with E-state index in [2.05, 4.69) is 34.7 Å². The fraction of sp³-hybridized carbons (Fsp3) is 0.421. The second-order valence-corrected chi connectivity index (χ2v) is 6.65. The number of pyridine rings is 1. The Hall–Kier alpha value is -1.71. The summed E-state index contributed by atoms with van der Waals surface area (Å²) in [5, 5.41) is 12.0. The fourth-order valence-electron chi connectivity index (χ4n) is 4.18. The first-order valence-electron chi connectivity index (χ1n) is 8.15. The zero-order valence-corrected chi connectivity index (χ0v) is 12.7. The van der Waals surface area contributed by atoms with E-state index >= 15 is 0 Å². The van der Waals surface area contributed by atoms with Gasteiger partial charge in [-0.25, -0.2) is 0 Å². The molecule has 5 rings (SSSR count). The van der Waals surface area contributed by atoms with Crippen LogP contribution in [-0.4, -0.2) is 34.1 Å². The smallest absolute Gasteiger partial charge is 0.0960 e. The van der Waals surface area contributed by atoms with Crippen molar-refractivity contribution in [2.75, 3.05) is 13.1 Å². The second kappa shape index (κ2) is 5.49. The lowest BCUT2D eigenvalue weighted by atomic mass is 9.74. The summed E-state index contributed by atoms with van der Waals surface area (Å²) in [6, 6.07) is 10.4. The lowest BCUT2D eigenvalue weighted by molar-refractivity contribution is -0.0449. The average Bonchev–Trinajstić information content (AvgIpc) is 2.60. The number of hydrogen-bond donors (Lipinski definition) is 1. The van der Waals surface area contributed by atoms with Crippen LogP contribution in [0.15, 0.2) is 49.2 Å². The summed E-state index contributed by atoms with van der Waals surface area (Å²) in [4.78, 5) is 6.93. The van der Waals surface area contributed by atoms with Crippen LogP contribution in [0.3, 0.4) is 0 Å². The number of nitrogens with zero attached hydrogens (tertiary/aromatic N) is 2. The number of hydrogen-bond acceptors (Lipinski definition) is 3. The van der Waals surface area contributed by atoms with Gasteiger partial charge in [0.25, 0.3) is 0 Å². The molecule has 4 unspecified atom stereocenters. The lowest BCUT2D eigenvalue weighted by Gasteiger charge is -2.50. The van der Waals surface area contributed by atoms with Crippen LogP contribution in [0, 0.1) is 11.8 Å².